The molecule has 0 fully saturated rings. The van der Waals surface area contributed by atoms with E-state index in [9.17, 15) is 0 Å². The predicted molar refractivity (Wildman–Crippen MR) is 119 cm³/mol. The zero-order valence-corrected chi connectivity index (χ0v) is 18.3. The zero-order valence-electron chi connectivity index (χ0n) is 18.3. The van der Waals surface area contributed by atoms with E-state index in [1.165, 1.54) is 0 Å². The van der Waals surface area contributed by atoms with Crippen LogP contribution in [0, 0.1) is 0 Å². The molecule has 0 bridgehead atoms. The van der Waals surface area contributed by atoms with Gasteiger partial charge in [0.15, 0.2) is 11.5 Å². The number of hydrogen-bond acceptors (Lipinski definition) is 6. The second kappa shape index (κ2) is 8.83. The highest BCUT2D eigenvalue weighted by atomic mass is 16.7. The maximum atomic E-state index is 5.54. The van der Waals surface area contributed by atoms with Gasteiger partial charge in [0, 0.05) is 43.3 Å². The van der Waals surface area contributed by atoms with E-state index in [2.05, 4.69) is 21.7 Å². The van der Waals surface area contributed by atoms with Crippen molar-refractivity contribution in [3.05, 3.63) is 59.9 Å². The fourth-order valence-corrected chi connectivity index (χ4v) is 4.09. The molecule has 0 spiro atoms. The molecule has 2 aromatic heterocycles. The molecule has 162 valence electrons. The van der Waals surface area contributed by atoms with Crippen LogP contribution in [0.2, 0.25) is 0 Å². The van der Waals surface area contributed by atoms with Crippen LogP contribution in [-0.2, 0) is 16.0 Å². The number of methoxy groups -OCH3 is 5. The monoisotopic (exact) mass is 422 g/mol. The van der Waals surface area contributed by atoms with Crippen LogP contribution in [-0.4, -0.2) is 45.1 Å². The largest absolute Gasteiger partial charge is 0.493 e. The number of fused-ring (bicyclic) bond motifs is 3. The van der Waals surface area contributed by atoms with Crippen molar-refractivity contribution in [3.63, 3.8) is 0 Å². The highest BCUT2D eigenvalue weighted by Crippen LogP contribution is 2.40. The first kappa shape index (κ1) is 21.0. The SMILES string of the molecule is COc1cc(Cn2c3ccccc3c3ccnc(C(OC)OC)c32)cc(OC)c1OC. The fourth-order valence-electron chi connectivity index (χ4n) is 4.09. The van der Waals surface area contributed by atoms with E-state index in [-0.39, 0.29) is 0 Å². The predicted octanol–water partition coefficient (Wildman–Crippen LogP) is 4.56. The molecule has 2 aromatic carbocycles. The van der Waals surface area contributed by atoms with Gasteiger partial charge in [0.2, 0.25) is 12.0 Å². The number of benzene rings is 2. The van der Waals surface area contributed by atoms with Crippen LogP contribution < -0.4 is 14.2 Å². The van der Waals surface area contributed by atoms with Gasteiger partial charge in [0.25, 0.3) is 0 Å². The number of para-hydroxylation sites is 1. The van der Waals surface area contributed by atoms with Gasteiger partial charge in [0.1, 0.15) is 5.69 Å². The number of ether oxygens (including phenoxy) is 5. The number of aromatic nitrogens is 2. The molecule has 0 aliphatic rings. The van der Waals surface area contributed by atoms with E-state index in [1.54, 1.807) is 41.7 Å². The first-order valence-corrected chi connectivity index (χ1v) is 9.87. The van der Waals surface area contributed by atoms with Crippen molar-refractivity contribution in [2.24, 2.45) is 0 Å². The Morgan fingerprint density at radius 3 is 2.13 bits per heavy atom. The summed E-state index contributed by atoms with van der Waals surface area (Å²) in [6, 6.07) is 14.2. The van der Waals surface area contributed by atoms with Crippen LogP contribution in [0.25, 0.3) is 21.8 Å². The zero-order chi connectivity index (χ0) is 22.0. The lowest BCUT2D eigenvalue weighted by Gasteiger charge is -2.17. The summed E-state index contributed by atoms with van der Waals surface area (Å²) in [7, 11) is 8.05. The molecule has 4 rings (SSSR count). The maximum absolute atomic E-state index is 5.54. The Morgan fingerprint density at radius 1 is 0.839 bits per heavy atom. The second-order valence-corrected chi connectivity index (χ2v) is 7.03. The van der Waals surface area contributed by atoms with Crippen LogP contribution in [0.5, 0.6) is 17.2 Å². The van der Waals surface area contributed by atoms with Crippen molar-refractivity contribution in [1.82, 2.24) is 9.55 Å². The first-order chi connectivity index (χ1) is 15.2. The molecule has 0 aliphatic heterocycles. The minimum atomic E-state index is -0.577. The summed E-state index contributed by atoms with van der Waals surface area (Å²) in [4.78, 5) is 4.60. The molecule has 0 N–H and O–H groups in total. The molecule has 4 aromatic rings. The molecule has 7 heteroatoms. The maximum Gasteiger partial charge on any atom is 0.203 e. The molecule has 0 saturated heterocycles. The quantitative estimate of drug-likeness (QED) is 0.388. The number of hydrogen-bond donors (Lipinski definition) is 0. The topological polar surface area (TPSA) is 64.0 Å². The van der Waals surface area contributed by atoms with Crippen LogP contribution >= 0.6 is 0 Å². The van der Waals surface area contributed by atoms with E-state index in [0.29, 0.717) is 23.8 Å². The summed E-state index contributed by atoms with van der Waals surface area (Å²) in [5.74, 6) is 1.79. The number of nitrogens with zero attached hydrogens (tertiary/aromatic N) is 2. The van der Waals surface area contributed by atoms with Crippen molar-refractivity contribution in [2.45, 2.75) is 12.8 Å². The molecular weight excluding hydrogens is 396 g/mol. The van der Waals surface area contributed by atoms with E-state index < -0.39 is 6.29 Å². The van der Waals surface area contributed by atoms with E-state index in [1.807, 2.05) is 30.3 Å². The van der Waals surface area contributed by atoms with Gasteiger partial charge in [-0.2, -0.15) is 0 Å². The second-order valence-electron chi connectivity index (χ2n) is 7.03. The summed E-state index contributed by atoms with van der Waals surface area (Å²) >= 11 is 0. The Morgan fingerprint density at radius 2 is 1.52 bits per heavy atom. The van der Waals surface area contributed by atoms with E-state index in [0.717, 1.165) is 33.1 Å². The van der Waals surface area contributed by atoms with Gasteiger partial charge in [-0.05, 0) is 29.8 Å². The summed E-state index contributed by atoms with van der Waals surface area (Å²) in [5.41, 5.74) is 3.78. The van der Waals surface area contributed by atoms with Crippen LogP contribution in [0.3, 0.4) is 0 Å². The van der Waals surface area contributed by atoms with Gasteiger partial charge in [-0.3, -0.25) is 4.98 Å². The van der Waals surface area contributed by atoms with Gasteiger partial charge in [0.05, 0.1) is 26.8 Å². The summed E-state index contributed by atoms with van der Waals surface area (Å²) < 4.78 is 29.9. The molecule has 0 amide bonds. The Balaban J connectivity index is 1.97. The normalized spacial score (nSPS) is 11.4. The minimum absolute atomic E-state index is 0.567. The van der Waals surface area contributed by atoms with Crippen molar-refractivity contribution in [3.8, 4) is 17.2 Å². The van der Waals surface area contributed by atoms with Gasteiger partial charge >= 0.3 is 0 Å². The Bertz CT molecular complexity index is 1190. The Labute approximate surface area is 181 Å². The first-order valence-electron chi connectivity index (χ1n) is 9.87. The molecule has 0 saturated carbocycles. The molecule has 0 unspecified atom stereocenters. The van der Waals surface area contributed by atoms with E-state index >= 15 is 0 Å². The Hall–Kier alpha value is -3.29. The molecule has 0 aliphatic carbocycles. The van der Waals surface area contributed by atoms with Gasteiger partial charge in [-0.25, -0.2) is 0 Å². The lowest BCUT2D eigenvalue weighted by Crippen LogP contribution is -2.10. The highest BCUT2D eigenvalue weighted by Gasteiger charge is 2.22. The molecule has 7 nitrogen and oxygen atoms in total. The van der Waals surface area contributed by atoms with E-state index in [4.69, 9.17) is 23.7 Å². The van der Waals surface area contributed by atoms with Gasteiger partial charge < -0.3 is 28.3 Å². The summed E-state index contributed by atoms with van der Waals surface area (Å²) in [6.45, 7) is 0.569. The third-order valence-electron chi connectivity index (χ3n) is 5.42. The molecule has 0 radical (unpaired) electrons. The number of rotatable bonds is 8. The average molecular weight is 422 g/mol. The van der Waals surface area contributed by atoms with Crippen molar-refractivity contribution >= 4 is 21.8 Å². The summed E-state index contributed by atoms with van der Waals surface area (Å²) in [6.07, 6.45) is 1.21. The van der Waals surface area contributed by atoms with Crippen molar-refractivity contribution in [2.75, 3.05) is 35.5 Å². The molecule has 31 heavy (non-hydrogen) atoms. The van der Waals surface area contributed by atoms with Crippen LogP contribution in [0.15, 0.2) is 48.7 Å². The molecule has 2 heterocycles. The lowest BCUT2D eigenvalue weighted by atomic mass is 10.1. The lowest BCUT2D eigenvalue weighted by molar-refractivity contribution is -0.107. The molecular formula is C24H26N2O5. The number of pyridine rings is 1. The summed E-state index contributed by atoms with van der Waals surface area (Å²) in [5, 5.41) is 2.23. The fraction of sp³-hybridized carbons (Fsp3) is 0.292. The molecule has 0 atom stereocenters. The Kier molecular flexibility index (Phi) is 5.97. The van der Waals surface area contributed by atoms with Gasteiger partial charge in [-0.1, -0.05) is 18.2 Å². The third kappa shape index (κ3) is 3.56. The average Bonchev–Trinajstić information content (AvgIpc) is 3.13. The van der Waals surface area contributed by atoms with Crippen molar-refractivity contribution in [1.29, 1.82) is 0 Å². The van der Waals surface area contributed by atoms with Gasteiger partial charge in [-0.15, -0.1) is 0 Å². The van der Waals surface area contributed by atoms with Crippen LogP contribution in [0.1, 0.15) is 17.5 Å². The smallest absolute Gasteiger partial charge is 0.203 e. The third-order valence-corrected chi connectivity index (χ3v) is 5.42. The standard InChI is InChI=1S/C24H26N2O5/c1-27-19-12-15(13-20(28-2)23(19)29-3)14-26-18-9-7-6-8-16(18)17-10-11-25-21(22(17)26)24(30-4)31-5/h6-13,24H,14H2,1-5H3. The minimum Gasteiger partial charge on any atom is -0.493 e. The van der Waals surface area contributed by atoms with Crippen molar-refractivity contribution < 1.29 is 23.7 Å². The van der Waals surface area contributed by atoms with Crippen LogP contribution in [0.4, 0.5) is 0 Å². The highest BCUT2D eigenvalue weighted by molar-refractivity contribution is 6.08.